The van der Waals surface area contributed by atoms with Gasteiger partial charge >= 0.3 is 6.01 Å². The quantitative estimate of drug-likeness (QED) is 0.810. The second-order valence-corrected chi connectivity index (χ2v) is 4.33. The number of ether oxygens (including phenoxy) is 3. The molecule has 0 atom stereocenters. The summed E-state index contributed by atoms with van der Waals surface area (Å²) in [5.41, 5.74) is 1.84. The number of nitrogens with zero attached hydrogens (tertiary/aromatic N) is 4. The van der Waals surface area contributed by atoms with Crippen molar-refractivity contribution < 1.29 is 14.2 Å². The predicted octanol–water partition coefficient (Wildman–Crippen LogP) is 0.757. The number of aryl methyl sites for hydroxylation is 1. The lowest BCUT2D eigenvalue weighted by Gasteiger charge is -2.25. The molecule has 1 aliphatic heterocycles. The Morgan fingerprint density at radius 3 is 2.89 bits per heavy atom. The average Bonchev–Trinajstić information content (AvgIpc) is 2.81. The van der Waals surface area contributed by atoms with Crippen LogP contribution in [0.4, 0.5) is 0 Å². The lowest BCUT2D eigenvalue weighted by Crippen LogP contribution is -2.39. The molecule has 1 saturated heterocycles. The van der Waals surface area contributed by atoms with Crippen LogP contribution in [-0.4, -0.2) is 46.6 Å². The van der Waals surface area contributed by atoms with Crippen LogP contribution in [0.15, 0.2) is 18.2 Å². The first-order chi connectivity index (χ1) is 9.28. The largest absolute Gasteiger partial charge is 0.494 e. The van der Waals surface area contributed by atoms with E-state index >= 15 is 0 Å². The number of rotatable bonds is 4. The fourth-order valence-electron chi connectivity index (χ4n) is 1.80. The third kappa shape index (κ3) is 2.24. The Balaban J connectivity index is 1.96. The maximum atomic E-state index is 5.66. The van der Waals surface area contributed by atoms with E-state index in [9.17, 15) is 0 Å². The number of tetrazole rings is 1. The zero-order chi connectivity index (χ0) is 13.2. The molecule has 1 aromatic carbocycles. The summed E-state index contributed by atoms with van der Waals surface area (Å²) in [6.07, 6.45) is 0.0144. The van der Waals surface area contributed by atoms with E-state index in [0.717, 1.165) is 11.3 Å². The Kier molecular flexibility index (Phi) is 3.04. The molecule has 0 saturated carbocycles. The maximum Gasteiger partial charge on any atom is 0.340 e. The van der Waals surface area contributed by atoms with Gasteiger partial charge in [0.05, 0.1) is 20.3 Å². The Labute approximate surface area is 110 Å². The first-order valence-electron chi connectivity index (χ1n) is 5.95. The molecule has 1 aromatic heterocycles. The van der Waals surface area contributed by atoms with Crippen molar-refractivity contribution in [3.8, 4) is 17.4 Å². The monoisotopic (exact) mass is 262 g/mol. The van der Waals surface area contributed by atoms with E-state index in [1.54, 1.807) is 7.11 Å². The van der Waals surface area contributed by atoms with Gasteiger partial charge in [-0.15, -0.1) is 0 Å². The van der Waals surface area contributed by atoms with Gasteiger partial charge in [0.25, 0.3) is 0 Å². The van der Waals surface area contributed by atoms with Crippen molar-refractivity contribution in [2.75, 3.05) is 20.3 Å². The Bertz CT molecular complexity index is 580. The molecule has 7 nitrogen and oxygen atoms in total. The van der Waals surface area contributed by atoms with Gasteiger partial charge in [-0.1, -0.05) is 11.2 Å². The zero-order valence-electron chi connectivity index (χ0n) is 10.7. The minimum atomic E-state index is 0.0144. The molecule has 7 heteroatoms. The highest BCUT2D eigenvalue weighted by atomic mass is 16.6. The molecule has 19 heavy (non-hydrogen) atoms. The van der Waals surface area contributed by atoms with E-state index in [-0.39, 0.29) is 6.10 Å². The minimum absolute atomic E-state index is 0.0144. The van der Waals surface area contributed by atoms with Gasteiger partial charge in [0, 0.05) is 0 Å². The van der Waals surface area contributed by atoms with E-state index in [2.05, 4.69) is 15.5 Å². The van der Waals surface area contributed by atoms with Crippen LogP contribution < -0.4 is 9.47 Å². The molecule has 0 bridgehead atoms. The summed E-state index contributed by atoms with van der Waals surface area (Å²) in [6, 6.07) is 6.13. The molecule has 2 heterocycles. The van der Waals surface area contributed by atoms with Crippen molar-refractivity contribution in [1.82, 2.24) is 20.2 Å². The second kappa shape index (κ2) is 4.85. The van der Waals surface area contributed by atoms with Crippen LogP contribution >= 0.6 is 0 Å². The highest BCUT2D eigenvalue weighted by Gasteiger charge is 2.24. The second-order valence-electron chi connectivity index (χ2n) is 4.33. The number of benzene rings is 1. The van der Waals surface area contributed by atoms with Crippen LogP contribution in [0.5, 0.6) is 11.8 Å². The molecule has 3 rings (SSSR count). The molecule has 0 aliphatic carbocycles. The normalized spacial score (nSPS) is 15.1. The van der Waals surface area contributed by atoms with Crippen molar-refractivity contribution in [1.29, 1.82) is 0 Å². The summed E-state index contributed by atoms with van der Waals surface area (Å²) in [6.45, 7) is 3.13. The van der Waals surface area contributed by atoms with E-state index in [1.165, 1.54) is 4.68 Å². The summed E-state index contributed by atoms with van der Waals surface area (Å²) >= 11 is 0. The van der Waals surface area contributed by atoms with Crippen LogP contribution in [0.25, 0.3) is 5.69 Å². The molecule has 0 radical (unpaired) electrons. The molecular weight excluding hydrogens is 248 g/mol. The van der Waals surface area contributed by atoms with Gasteiger partial charge in [-0.3, -0.25) is 0 Å². The van der Waals surface area contributed by atoms with Crippen LogP contribution in [0, 0.1) is 6.92 Å². The van der Waals surface area contributed by atoms with Crippen molar-refractivity contribution in [2.45, 2.75) is 13.0 Å². The first kappa shape index (κ1) is 11.9. The number of hydrogen-bond acceptors (Lipinski definition) is 6. The van der Waals surface area contributed by atoms with Gasteiger partial charge in [-0.2, -0.15) is 4.68 Å². The summed E-state index contributed by atoms with van der Waals surface area (Å²) in [5, 5.41) is 11.5. The molecule has 100 valence electrons. The van der Waals surface area contributed by atoms with Gasteiger partial charge < -0.3 is 14.2 Å². The third-order valence-electron chi connectivity index (χ3n) is 2.88. The first-order valence-corrected chi connectivity index (χ1v) is 5.95. The Hall–Kier alpha value is -2.15. The van der Waals surface area contributed by atoms with Crippen LogP contribution in [-0.2, 0) is 4.74 Å². The predicted molar refractivity (Wildman–Crippen MR) is 65.7 cm³/mol. The van der Waals surface area contributed by atoms with E-state index in [4.69, 9.17) is 14.2 Å². The topological polar surface area (TPSA) is 71.3 Å². The van der Waals surface area contributed by atoms with Gasteiger partial charge in [0.2, 0.25) is 0 Å². The van der Waals surface area contributed by atoms with Gasteiger partial charge in [-0.05, 0) is 35.0 Å². The molecule has 0 spiro atoms. The summed E-state index contributed by atoms with van der Waals surface area (Å²) in [5.74, 6) is 0.688. The third-order valence-corrected chi connectivity index (χ3v) is 2.88. The fourth-order valence-corrected chi connectivity index (χ4v) is 1.80. The molecule has 1 fully saturated rings. The summed E-state index contributed by atoms with van der Waals surface area (Å²) in [7, 11) is 1.61. The molecular formula is C12H14N4O3. The average molecular weight is 262 g/mol. The van der Waals surface area contributed by atoms with E-state index < -0.39 is 0 Å². The van der Waals surface area contributed by atoms with Crippen molar-refractivity contribution >= 4 is 0 Å². The number of methoxy groups -OCH3 is 1. The standard InChI is InChI=1S/C12H14N4O3/c1-8-3-4-11(17-2)10(5-8)16-12(13-14-15-16)19-9-6-18-7-9/h3-5,9H,6-7H2,1-2H3. The molecule has 0 unspecified atom stereocenters. The van der Waals surface area contributed by atoms with Crippen LogP contribution in [0.3, 0.4) is 0 Å². The minimum Gasteiger partial charge on any atom is -0.494 e. The number of hydrogen-bond donors (Lipinski definition) is 0. The van der Waals surface area contributed by atoms with Crippen molar-refractivity contribution in [3.63, 3.8) is 0 Å². The molecule has 0 N–H and O–H groups in total. The van der Waals surface area contributed by atoms with Crippen molar-refractivity contribution in [3.05, 3.63) is 23.8 Å². The molecule has 1 aliphatic rings. The van der Waals surface area contributed by atoms with E-state index in [0.29, 0.717) is 25.0 Å². The zero-order valence-corrected chi connectivity index (χ0v) is 10.7. The van der Waals surface area contributed by atoms with Gasteiger partial charge in [0.15, 0.2) is 0 Å². The van der Waals surface area contributed by atoms with Gasteiger partial charge in [0.1, 0.15) is 17.5 Å². The highest BCUT2D eigenvalue weighted by molar-refractivity contribution is 5.49. The number of aromatic nitrogens is 4. The lowest BCUT2D eigenvalue weighted by atomic mass is 10.2. The fraction of sp³-hybridized carbons (Fsp3) is 0.417. The summed E-state index contributed by atoms with van der Waals surface area (Å²) in [4.78, 5) is 0. The Morgan fingerprint density at radius 1 is 1.37 bits per heavy atom. The molecule has 2 aromatic rings. The van der Waals surface area contributed by atoms with Gasteiger partial charge in [-0.25, -0.2) is 0 Å². The van der Waals surface area contributed by atoms with Crippen LogP contribution in [0.2, 0.25) is 0 Å². The maximum absolute atomic E-state index is 5.66. The molecule has 0 amide bonds. The summed E-state index contributed by atoms with van der Waals surface area (Å²) < 4.78 is 17.6. The van der Waals surface area contributed by atoms with E-state index in [1.807, 2.05) is 25.1 Å². The Morgan fingerprint density at radius 2 is 2.21 bits per heavy atom. The lowest BCUT2D eigenvalue weighted by molar-refractivity contribution is -0.0839. The van der Waals surface area contributed by atoms with Crippen LogP contribution in [0.1, 0.15) is 5.56 Å². The SMILES string of the molecule is COc1ccc(C)cc1-n1nnnc1OC1COC1. The smallest absolute Gasteiger partial charge is 0.340 e. The highest BCUT2D eigenvalue weighted by Crippen LogP contribution is 2.26. The van der Waals surface area contributed by atoms with Crippen molar-refractivity contribution in [2.24, 2.45) is 0 Å².